The Kier molecular flexibility index (Phi) is 4.45. The van der Waals surface area contributed by atoms with Gasteiger partial charge >= 0.3 is 13.3 Å². The van der Waals surface area contributed by atoms with Crippen LogP contribution in [0.3, 0.4) is 0 Å². The van der Waals surface area contributed by atoms with E-state index in [1.807, 2.05) is 0 Å². The molecule has 1 heterocycles. The largest absolute Gasteiger partial charge is 0.405 e. The predicted octanol–water partition coefficient (Wildman–Crippen LogP) is -0.595. The van der Waals surface area contributed by atoms with Crippen molar-refractivity contribution in [2.24, 2.45) is 0 Å². The van der Waals surface area contributed by atoms with Crippen LogP contribution in [0.2, 0.25) is 0 Å². The monoisotopic (exact) mass is 261 g/mol. The number of anilines is 1. The minimum absolute atomic E-state index is 0.147. The first kappa shape index (κ1) is 13.4. The fourth-order valence-electron chi connectivity index (χ4n) is 0.933. The fourth-order valence-corrected chi connectivity index (χ4v) is 1.29. The van der Waals surface area contributed by atoms with Crippen LogP contribution >= 0.6 is 7.60 Å². The fraction of sp³-hybridized carbons (Fsp3) is 0.250. The van der Waals surface area contributed by atoms with Gasteiger partial charge in [0.2, 0.25) is 0 Å². The van der Waals surface area contributed by atoms with Crippen molar-refractivity contribution in [2.45, 2.75) is 0 Å². The third-order valence-corrected chi connectivity index (χ3v) is 2.24. The van der Waals surface area contributed by atoms with Crippen molar-refractivity contribution in [1.82, 2.24) is 9.71 Å². The summed E-state index contributed by atoms with van der Waals surface area (Å²) in [5, 5.41) is 2.69. The van der Waals surface area contributed by atoms with Gasteiger partial charge in [-0.25, -0.2) is 4.79 Å². The molecule has 8 nitrogen and oxygen atoms in total. The number of hydrogen-bond donors (Lipinski definition) is 3. The first-order valence-corrected chi connectivity index (χ1v) is 6.24. The molecule has 0 spiro atoms. The van der Waals surface area contributed by atoms with Crippen LogP contribution in [-0.2, 0) is 4.57 Å². The maximum Gasteiger partial charge on any atom is 0.382 e. The zero-order valence-electron chi connectivity index (χ0n) is 8.98. The van der Waals surface area contributed by atoms with E-state index in [-0.39, 0.29) is 6.61 Å². The molecule has 3 N–H and O–H groups in total. The first-order chi connectivity index (χ1) is 7.92. The smallest absolute Gasteiger partial charge is 0.382 e. The molecule has 1 aromatic rings. The van der Waals surface area contributed by atoms with E-state index in [0.29, 0.717) is 11.6 Å². The molecule has 0 aliphatic rings. The van der Waals surface area contributed by atoms with E-state index in [9.17, 15) is 9.36 Å². The molecule has 0 saturated heterocycles. The van der Waals surface area contributed by atoms with Gasteiger partial charge in [0.05, 0.1) is 6.20 Å². The van der Waals surface area contributed by atoms with E-state index in [4.69, 9.17) is 14.6 Å². The summed E-state index contributed by atoms with van der Waals surface area (Å²) in [5.74, 6) is 1.11. The highest BCUT2D eigenvalue weighted by atomic mass is 31.2. The quantitative estimate of drug-likeness (QED) is 0.606. The van der Waals surface area contributed by atoms with Crippen LogP contribution in [0.4, 0.5) is 5.82 Å². The van der Waals surface area contributed by atoms with Gasteiger partial charge in [0.1, 0.15) is 12.4 Å². The highest BCUT2D eigenvalue weighted by molar-refractivity contribution is 7.55. The highest BCUT2D eigenvalue weighted by Crippen LogP contribution is 2.35. The van der Waals surface area contributed by atoms with Gasteiger partial charge in [0.15, 0.2) is 0 Å². The topological polar surface area (TPSA) is 114 Å². The van der Waals surface area contributed by atoms with Crippen LogP contribution in [0, 0.1) is 0 Å². The van der Waals surface area contributed by atoms with Gasteiger partial charge in [-0.1, -0.05) is 0 Å². The average molecular weight is 261 g/mol. The van der Waals surface area contributed by atoms with Crippen molar-refractivity contribution >= 4 is 13.4 Å². The van der Waals surface area contributed by atoms with E-state index in [2.05, 4.69) is 10.3 Å². The van der Waals surface area contributed by atoms with Gasteiger partial charge < -0.3 is 19.9 Å². The maximum atomic E-state index is 11.3. The van der Waals surface area contributed by atoms with Gasteiger partial charge in [-0.2, -0.15) is 4.98 Å². The number of rotatable bonds is 5. The van der Waals surface area contributed by atoms with Gasteiger partial charge in [0.25, 0.3) is 0 Å². The molecule has 0 amide bonds. The Morgan fingerprint density at radius 1 is 1.65 bits per heavy atom. The Morgan fingerprint density at radius 2 is 2.35 bits per heavy atom. The van der Waals surface area contributed by atoms with E-state index in [1.54, 1.807) is 7.05 Å². The van der Waals surface area contributed by atoms with Crippen molar-refractivity contribution in [3.8, 4) is 0 Å². The molecule has 0 unspecified atom stereocenters. The number of nitrogens with zero attached hydrogens (tertiary/aromatic N) is 2. The summed E-state index contributed by atoms with van der Waals surface area (Å²) in [6.07, 6.45) is 2.48. The van der Waals surface area contributed by atoms with Crippen molar-refractivity contribution in [1.29, 1.82) is 0 Å². The van der Waals surface area contributed by atoms with Gasteiger partial charge in [0, 0.05) is 18.9 Å². The van der Waals surface area contributed by atoms with Gasteiger partial charge in [-0.15, -0.1) is 4.73 Å². The Morgan fingerprint density at radius 3 is 2.88 bits per heavy atom. The second kappa shape index (κ2) is 5.62. The average Bonchev–Trinajstić information content (AvgIpc) is 2.24. The van der Waals surface area contributed by atoms with Crippen LogP contribution in [0.15, 0.2) is 29.0 Å². The molecule has 0 radical (unpaired) electrons. The lowest BCUT2D eigenvalue weighted by Crippen LogP contribution is -2.28. The van der Waals surface area contributed by atoms with E-state index >= 15 is 0 Å². The molecule has 0 bridgehead atoms. The molecule has 0 aliphatic heterocycles. The first-order valence-electron chi connectivity index (χ1n) is 4.56. The third kappa shape index (κ3) is 4.81. The molecule has 9 heteroatoms. The third-order valence-electron chi connectivity index (χ3n) is 1.64. The van der Waals surface area contributed by atoms with Gasteiger partial charge in [-0.3, -0.25) is 4.57 Å². The van der Waals surface area contributed by atoms with E-state index in [1.165, 1.54) is 12.3 Å². The summed E-state index contributed by atoms with van der Waals surface area (Å²) in [5.41, 5.74) is -0.624. The van der Waals surface area contributed by atoms with Crippen LogP contribution in [0.1, 0.15) is 0 Å². The molecule has 94 valence electrons. The lowest BCUT2D eigenvalue weighted by molar-refractivity contribution is 0.122. The minimum atomic E-state index is -4.19. The highest BCUT2D eigenvalue weighted by Gasteiger charge is 2.05. The summed E-state index contributed by atoms with van der Waals surface area (Å²) >= 11 is 0. The summed E-state index contributed by atoms with van der Waals surface area (Å²) in [4.78, 5) is 36.9. The van der Waals surface area contributed by atoms with Crippen molar-refractivity contribution in [3.05, 3.63) is 34.6 Å². The molecular weight excluding hydrogens is 249 g/mol. The molecule has 17 heavy (non-hydrogen) atoms. The Balaban J connectivity index is 2.62. The van der Waals surface area contributed by atoms with Crippen LogP contribution < -0.4 is 15.8 Å². The zero-order chi connectivity index (χ0) is 12.9. The van der Waals surface area contributed by atoms with Crippen molar-refractivity contribution < 1.29 is 19.2 Å². The molecule has 1 rings (SSSR count). The van der Waals surface area contributed by atoms with Crippen molar-refractivity contribution in [3.63, 3.8) is 0 Å². The summed E-state index contributed by atoms with van der Waals surface area (Å²) in [6.45, 7) is -0.147. The Labute approximate surface area is 96.7 Å². The zero-order valence-corrected chi connectivity index (χ0v) is 9.87. The van der Waals surface area contributed by atoms with Crippen molar-refractivity contribution in [2.75, 3.05) is 19.0 Å². The normalized spacial score (nSPS) is 11.7. The maximum absolute atomic E-state index is 11.3. The second-order valence-electron chi connectivity index (χ2n) is 2.94. The molecule has 1 aromatic heterocycles. The summed E-state index contributed by atoms with van der Waals surface area (Å²) < 4.78 is 11.3. The molecular formula is C8H12N3O5P. The Hall–Kier alpha value is -1.63. The summed E-state index contributed by atoms with van der Waals surface area (Å²) in [6, 6.07) is 1.52. The van der Waals surface area contributed by atoms with Crippen LogP contribution in [0.5, 0.6) is 0 Å². The SMILES string of the molecule is CNc1ccn(OC/C=C/P(=O)(O)O)c(=O)n1. The summed E-state index contributed by atoms with van der Waals surface area (Å²) in [7, 11) is -2.56. The van der Waals surface area contributed by atoms with E-state index < -0.39 is 13.3 Å². The number of hydrogen-bond acceptors (Lipinski definition) is 5. The lowest BCUT2D eigenvalue weighted by atomic mass is 10.6. The molecule has 0 atom stereocenters. The molecule has 0 saturated carbocycles. The minimum Gasteiger partial charge on any atom is -0.405 e. The molecule has 0 aliphatic carbocycles. The van der Waals surface area contributed by atoms with Crippen LogP contribution in [-0.4, -0.2) is 33.2 Å². The number of nitrogens with one attached hydrogen (secondary N) is 1. The van der Waals surface area contributed by atoms with E-state index in [0.717, 1.165) is 10.8 Å². The molecule has 0 aromatic carbocycles. The Bertz CT molecular complexity index is 506. The molecule has 0 fully saturated rings. The predicted molar refractivity (Wildman–Crippen MR) is 60.7 cm³/mol. The number of aromatic nitrogens is 2. The second-order valence-corrected chi connectivity index (χ2v) is 4.42. The lowest BCUT2D eigenvalue weighted by Gasteiger charge is -2.05. The van der Waals surface area contributed by atoms with Crippen LogP contribution in [0.25, 0.3) is 0 Å². The van der Waals surface area contributed by atoms with Gasteiger partial charge in [-0.05, 0) is 6.08 Å². The standard InChI is InChI=1S/C8H12N3O5P/c1-9-7-3-4-11(8(12)10-7)16-5-2-6-17(13,14)15/h2-4,6H,5H2,1H3,(H,9,10,12)(H2,13,14,15)/b6-2+.